The van der Waals surface area contributed by atoms with Crippen molar-refractivity contribution >= 4 is 113 Å². The van der Waals surface area contributed by atoms with E-state index in [1.165, 1.54) is 248 Å². The van der Waals surface area contributed by atoms with Crippen LogP contribution in [0.4, 0.5) is 0 Å². The van der Waals surface area contributed by atoms with Crippen molar-refractivity contribution in [1.29, 1.82) is 0 Å². The van der Waals surface area contributed by atoms with Gasteiger partial charge in [-0.1, -0.05) is 105 Å². The molecule has 10 heterocycles. The fraction of sp³-hybridized carbons (Fsp3) is 0.412. The first-order chi connectivity index (χ1) is 38.1. The highest BCUT2D eigenvalue weighted by atomic mass is 32.1. The van der Waals surface area contributed by atoms with Crippen LogP contribution in [0.3, 0.4) is 0 Å². The van der Waals surface area contributed by atoms with Gasteiger partial charge >= 0.3 is 0 Å². The van der Waals surface area contributed by atoms with E-state index in [1.807, 2.05) is 113 Å². The lowest BCUT2D eigenvalue weighted by Gasteiger charge is -2.04. The lowest BCUT2D eigenvalue weighted by atomic mass is 10.1. The van der Waals surface area contributed by atoms with Gasteiger partial charge in [-0.2, -0.15) is 0 Å². The number of rotatable bonds is 28. The number of thiophene rings is 10. The Kier molecular flexibility index (Phi) is 22.8. The molecule has 412 valence electrons. The van der Waals surface area contributed by atoms with Crippen molar-refractivity contribution in [3.8, 4) is 80.8 Å². The van der Waals surface area contributed by atoms with E-state index in [2.05, 4.69) is 152 Å². The first kappa shape index (κ1) is 59.6. The Morgan fingerprint density at radius 3 is 0.859 bits per heavy atom. The van der Waals surface area contributed by atoms with Crippen molar-refractivity contribution in [2.45, 2.75) is 184 Å². The van der Waals surface area contributed by atoms with E-state index < -0.39 is 0 Å². The van der Waals surface area contributed by atoms with Gasteiger partial charge in [0.25, 0.3) is 0 Å². The summed E-state index contributed by atoms with van der Waals surface area (Å²) in [7, 11) is 0. The molecule has 0 aliphatic rings. The lowest BCUT2D eigenvalue weighted by molar-refractivity contribution is 0.670. The van der Waals surface area contributed by atoms with Crippen molar-refractivity contribution in [3.63, 3.8) is 0 Å². The molecule has 0 amide bonds. The van der Waals surface area contributed by atoms with Crippen LogP contribution in [0, 0.1) is 27.7 Å². The molecule has 10 rings (SSSR count). The Bertz CT molecular complexity index is 3290. The molecule has 78 heavy (non-hydrogen) atoms. The molecular formula is C68H80S10. The zero-order valence-electron chi connectivity index (χ0n) is 47.5. The Morgan fingerprint density at radius 1 is 0.231 bits per heavy atom. The van der Waals surface area contributed by atoms with E-state index in [1.54, 1.807) is 0 Å². The summed E-state index contributed by atoms with van der Waals surface area (Å²) in [6.45, 7) is 18.2. The summed E-state index contributed by atoms with van der Waals surface area (Å²) < 4.78 is 0. The minimum absolute atomic E-state index is 1.20. The molecule has 0 N–H and O–H groups in total. The minimum atomic E-state index is 1.20. The molecule has 0 aliphatic carbocycles. The number of hydrogen-bond donors (Lipinski definition) is 0. The van der Waals surface area contributed by atoms with Gasteiger partial charge in [0, 0.05) is 100 Å². The fourth-order valence-corrected chi connectivity index (χ4v) is 21.3. The summed E-state index contributed by atoms with van der Waals surface area (Å²) in [5.41, 5.74) is 5.71. The molecule has 10 aromatic heterocycles. The summed E-state index contributed by atoms with van der Waals surface area (Å²) in [6, 6.07) is 37.9. The van der Waals surface area contributed by atoms with Gasteiger partial charge in [0.2, 0.25) is 0 Å². The first-order valence-electron chi connectivity index (χ1n) is 29.1. The number of hydrogen-bond acceptors (Lipinski definition) is 10. The van der Waals surface area contributed by atoms with E-state index in [-0.39, 0.29) is 0 Å². The molecule has 0 nitrogen and oxygen atoms in total. The highest BCUT2D eigenvalue weighted by Crippen LogP contribution is 2.53. The molecule has 0 saturated heterocycles. The summed E-state index contributed by atoms with van der Waals surface area (Å²) >= 11 is 19.8. The highest BCUT2D eigenvalue weighted by molar-refractivity contribution is 7.29. The normalized spacial score (nSPS) is 11.6. The van der Waals surface area contributed by atoms with Gasteiger partial charge in [0.05, 0.1) is 19.5 Å². The summed E-state index contributed by atoms with van der Waals surface area (Å²) in [6.07, 6.45) is 26.1. The predicted molar refractivity (Wildman–Crippen MR) is 365 cm³/mol. The third kappa shape index (κ3) is 15.8. The van der Waals surface area contributed by atoms with Crippen LogP contribution in [-0.4, -0.2) is 0 Å². The van der Waals surface area contributed by atoms with E-state index in [9.17, 15) is 0 Å². The first-order valence-corrected chi connectivity index (χ1v) is 37.3. The molecule has 10 heteroatoms. The van der Waals surface area contributed by atoms with Crippen LogP contribution in [-0.2, 0) is 25.7 Å². The van der Waals surface area contributed by atoms with Crippen LogP contribution in [0.2, 0.25) is 0 Å². The van der Waals surface area contributed by atoms with Crippen molar-refractivity contribution in [3.05, 3.63) is 136 Å². The van der Waals surface area contributed by atoms with Crippen LogP contribution in [0.1, 0.15) is 169 Å². The van der Waals surface area contributed by atoms with Gasteiger partial charge in [-0.3, -0.25) is 0 Å². The third-order valence-corrected chi connectivity index (χ3v) is 26.2. The average molecular weight is 1220 g/mol. The van der Waals surface area contributed by atoms with Crippen LogP contribution in [0.15, 0.2) is 97.1 Å². The maximum Gasteiger partial charge on any atom is 0.0542 e. The largest absolute Gasteiger partial charge is 0.140 e. The molecule has 0 bridgehead atoms. The Morgan fingerprint density at radius 2 is 0.526 bits per heavy atom. The van der Waals surface area contributed by atoms with Gasteiger partial charge in [-0.25, -0.2) is 0 Å². The Hall–Kier alpha value is -3.00. The summed E-state index contributed by atoms with van der Waals surface area (Å²) in [4.78, 5) is 28.7. The summed E-state index contributed by atoms with van der Waals surface area (Å²) in [5.74, 6) is 0. The number of unbranched alkanes of at least 4 members (excludes halogenated alkanes) is 12. The van der Waals surface area contributed by atoms with E-state index in [0.717, 1.165) is 0 Å². The molecular weight excluding hydrogens is 1140 g/mol. The number of aryl methyl sites for hydroxylation is 8. The lowest BCUT2D eigenvalue weighted by Crippen LogP contribution is -1.80. The molecule has 0 atom stereocenters. The van der Waals surface area contributed by atoms with Gasteiger partial charge in [0.1, 0.15) is 0 Å². The quantitative estimate of drug-likeness (QED) is 0.0429. The highest BCUT2D eigenvalue weighted by Gasteiger charge is 2.24. The van der Waals surface area contributed by atoms with Gasteiger partial charge in [-0.05, 0) is 176 Å². The smallest absolute Gasteiger partial charge is 0.0542 e. The minimum Gasteiger partial charge on any atom is -0.140 e. The standard InChI is InChI=1S/C38H42S6.C30H38S4/c1-5-7-9-11-13-27-16-19-31(41-27)29-23-26(4)40-37(29)38-30(32-20-17-28(42-32)14-12-10-8-6-2)24-36(44-38)35-22-21-34(43-35)33-18-15-25(3)39-33;1-5-7-9-11-13-23-15-17-27(33-23)25-19-21(3)31-29(25)30-26(20-22(4)32-30)28-18-16-24(34-28)14-12-10-8-6-2/h15-24H,5-14H2,1-4H3;15-20H,5-14H2,1-4H3. The second kappa shape index (κ2) is 29.8. The molecule has 0 spiro atoms. The van der Waals surface area contributed by atoms with Crippen molar-refractivity contribution in [2.75, 3.05) is 0 Å². The van der Waals surface area contributed by atoms with Crippen molar-refractivity contribution < 1.29 is 0 Å². The van der Waals surface area contributed by atoms with Crippen LogP contribution in [0.5, 0.6) is 0 Å². The molecule has 0 saturated carbocycles. The van der Waals surface area contributed by atoms with Crippen LogP contribution in [0.25, 0.3) is 80.8 Å². The SMILES string of the molecule is CCCCCCc1ccc(-c2cc(C)sc2-c2sc(-c3ccc(-c4ccc(C)s4)s3)cc2-c2ccc(CCCCCC)s2)s1.CCCCCCc1ccc(-c2cc(C)sc2-c2sc(C)cc2-c2ccc(CCCCCC)s2)s1. The Labute approximate surface area is 509 Å². The fourth-order valence-electron chi connectivity index (χ4n) is 10.2. The zero-order valence-corrected chi connectivity index (χ0v) is 55.6. The van der Waals surface area contributed by atoms with E-state index >= 15 is 0 Å². The van der Waals surface area contributed by atoms with Gasteiger partial charge in [0.15, 0.2) is 0 Å². The van der Waals surface area contributed by atoms with E-state index in [0.29, 0.717) is 0 Å². The summed E-state index contributed by atoms with van der Waals surface area (Å²) in [5, 5.41) is 0. The Balaban J connectivity index is 0.000000196. The monoisotopic (exact) mass is 1220 g/mol. The van der Waals surface area contributed by atoms with Crippen molar-refractivity contribution in [2.24, 2.45) is 0 Å². The molecule has 10 aromatic rings. The second-order valence-corrected chi connectivity index (χ2v) is 32.9. The molecule has 0 radical (unpaired) electrons. The zero-order chi connectivity index (χ0) is 54.4. The van der Waals surface area contributed by atoms with Crippen LogP contribution >= 0.6 is 113 Å². The molecule has 0 aromatic carbocycles. The van der Waals surface area contributed by atoms with Crippen LogP contribution < -0.4 is 0 Å². The molecule has 0 fully saturated rings. The topological polar surface area (TPSA) is 0 Å². The maximum absolute atomic E-state index is 2.49. The second-order valence-electron chi connectivity index (χ2n) is 21.0. The van der Waals surface area contributed by atoms with Crippen molar-refractivity contribution in [1.82, 2.24) is 0 Å². The average Bonchev–Trinajstić information content (AvgIpc) is 4.39. The molecule has 0 unspecified atom stereocenters. The van der Waals surface area contributed by atoms with E-state index in [4.69, 9.17) is 0 Å². The third-order valence-electron chi connectivity index (χ3n) is 14.4. The maximum atomic E-state index is 2.49. The predicted octanol–water partition coefficient (Wildman–Crippen LogP) is 27.0. The van der Waals surface area contributed by atoms with Gasteiger partial charge < -0.3 is 0 Å². The molecule has 0 aliphatic heterocycles. The van der Waals surface area contributed by atoms with Gasteiger partial charge in [-0.15, -0.1) is 113 Å².